The third-order valence-electron chi connectivity index (χ3n) is 2.94. The number of amides is 2. The zero-order valence-electron chi connectivity index (χ0n) is 12.8. The van der Waals surface area contributed by atoms with E-state index in [2.05, 4.69) is 10.6 Å². The van der Waals surface area contributed by atoms with E-state index < -0.39 is 23.7 Å². The van der Waals surface area contributed by atoms with Crippen LogP contribution in [0.3, 0.4) is 0 Å². The second kappa shape index (κ2) is 6.24. The minimum atomic E-state index is -0.709. The molecular formula is C14H24N2O4. The monoisotopic (exact) mass is 284 g/mol. The van der Waals surface area contributed by atoms with Gasteiger partial charge in [-0.1, -0.05) is 13.8 Å². The minimum Gasteiger partial charge on any atom is -0.458 e. The number of carbonyl (C=O) groups excluding carboxylic acids is 3. The van der Waals surface area contributed by atoms with Gasteiger partial charge in [0, 0.05) is 6.42 Å². The van der Waals surface area contributed by atoms with Crippen molar-refractivity contribution < 1.29 is 19.1 Å². The summed E-state index contributed by atoms with van der Waals surface area (Å²) in [6.45, 7) is 9.01. The van der Waals surface area contributed by atoms with E-state index in [-0.39, 0.29) is 17.7 Å². The summed E-state index contributed by atoms with van der Waals surface area (Å²) in [6, 6.07) is -1.26. The Morgan fingerprint density at radius 3 is 2.35 bits per heavy atom. The van der Waals surface area contributed by atoms with E-state index >= 15 is 0 Å². The summed E-state index contributed by atoms with van der Waals surface area (Å²) >= 11 is 0. The Labute approximate surface area is 119 Å². The van der Waals surface area contributed by atoms with Gasteiger partial charge in [-0.2, -0.15) is 0 Å². The maximum atomic E-state index is 12.1. The van der Waals surface area contributed by atoms with E-state index in [1.165, 1.54) is 0 Å². The number of esters is 1. The van der Waals surface area contributed by atoms with Crippen molar-refractivity contribution in [3.05, 3.63) is 0 Å². The third-order valence-corrected chi connectivity index (χ3v) is 2.94. The van der Waals surface area contributed by atoms with Crippen LogP contribution in [0.25, 0.3) is 0 Å². The van der Waals surface area contributed by atoms with E-state index in [1.54, 1.807) is 20.8 Å². The van der Waals surface area contributed by atoms with Crippen molar-refractivity contribution >= 4 is 17.8 Å². The Morgan fingerprint density at radius 2 is 1.95 bits per heavy atom. The second-order valence-corrected chi connectivity index (χ2v) is 6.42. The first-order valence-corrected chi connectivity index (χ1v) is 6.93. The van der Waals surface area contributed by atoms with Crippen LogP contribution in [0, 0.1) is 5.92 Å². The number of rotatable bonds is 4. The van der Waals surface area contributed by atoms with Gasteiger partial charge in [0.1, 0.15) is 17.7 Å². The quantitative estimate of drug-likeness (QED) is 0.746. The maximum Gasteiger partial charge on any atom is 0.329 e. The highest BCUT2D eigenvalue weighted by Crippen LogP contribution is 2.13. The lowest BCUT2D eigenvalue weighted by molar-refractivity contribution is -0.160. The molecule has 0 aromatic heterocycles. The zero-order chi connectivity index (χ0) is 15.5. The number of hydrogen-bond acceptors (Lipinski definition) is 4. The molecule has 1 rings (SSSR count). The van der Waals surface area contributed by atoms with E-state index in [1.807, 2.05) is 13.8 Å². The molecular weight excluding hydrogens is 260 g/mol. The largest absolute Gasteiger partial charge is 0.458 e. The number of carbonyl (C=O) groups is 3. The summed E-state index contributed by atoms with van der Waals surface area (Å²) in [5, 5.41) is 5.26. The predicted molar refractivity (Wildman–Crippen MR) is 73.8 cm³/mol. The summed E-state index contributed by atoms with van der Waals surface area (Å²) in [7, 11) is 0. The predicted octanol–water partition coefficient (Wildman–Crippen LogP) is 0.747. The first-order chi connectivity index (χ1) is 9.10. The highest BCUT2D eigenvalue weighted by molar-refractivity contribution is 5.93. The maximum absolute atomic E-state index is 12.1. The van der Waals surface area contributed by atoms with Crippen molar-refractivity contribution in [2.45, 2.75) is 65.1 Å². The number of nitrogens with one attached hydrogen (secondary N) is 2. The van der Waals surface area contributed by atoms with Crippen molar-refractivity contribution in [2.75, 3.05) is 0 Å². The highest BCUT2D eigenvalue weighted by Gasteiger charge is 2.33. The van der Waals surface area contributed by atoms with Gasteiger partial charge in [-0.25, -0.2) is 4.79 Å². The molecule has 20 heavy (non-hydrogen) atoms. The molecule has 0 spiro atoms. The number of hydrogen-bond donors (Lipinski definition) is 2. The van der Waals surface area contributed by atoms with Crippen LogP contribution in [-0.4, -0.2) is 35.5 Å². The van der Waals surface area contributed by atoms with Crippen LogP contribution in [0.2, 0.25) is 0 Å². The van der Waals surface area contributed by atoms with E-state index in [9.17, 15) is 14.4 Å². The molecule has 6 heteroatoms. The molecule has 6 nitrogen and oxygen atoms in total. The molecule has 114 valence electrons. The summed E-state index contributed by atoms with van der Waals surface area (Å²) in [5.41, 5.74) is -0.601. The lowest BCUT2D eigenvalue weighted by atomic mass is 10.0. The van der Waals surface area contributed by atoms with Gasteiger partial charge < -0.3 is 15.4 Å². The van der Waals surface area contributed by atoms with E-state index in [0.29, 0.717) is 12.8 Å². The average molecular weight is 284 g/mol. The fourth-order valence-corrected chi connectivity index (χ4v) is 1.93. The molecule has 0 bridgehead atoms. The molecule has 1 aliphatic rings. The lowest BCUT2D eigenvalue weighted by Crippen LogP contribution is -2.52. The van der Waals surface area contributed by atoms with Crippen LogP contribution in [0.15, 0.2) is 0 Å². The van der Waals surface area contributed by atoms with E-state index in [0.717, 1.165) is 0 Å². The first-order valence-electron chi connectivity index (χ1n) is 6.93. The first kappa shape index (κ1) is 16.5. The molecule has 1 heterocycles. The van der Waals surface area contributed by atoms with Gasteiger partial charge in [-0.3, -0.25) is 9.59 Å². The minimum absolute atomic E-state index is 0.0918. The number of ether oxygens (including phenoxy) is 1. The molecule has 0 unspecified atom stereocenters. The molecule has 0 radical (unpaired) electrons. The Morgan fingerprint density at radius 1 is 1.35 bits per heavy atom. The molecule has 0 aromatic carbocycles. The van der Waals surface area contributed by atoms with Gasteiger partial charge in [0.05, 0.1) is 0 Å². The van der Waals surface area contributed by atoms with Crippen LogP contribution in [0.5, 0.6) is 0 Å². The third kappa shape index (κ3) is 4.83. The lowest BCUT2D eigenvalue weighted by Gasteiger charge is -2.27. The van der Waals surface area contributed by atoms with Gasteiger partial charge in [0.25, 0.3) is 0 Å². The van der Waals surface area contributed by atoms with Gasteiger partial charge in [0.15, 0.2) is 0 Å². The topological polar surface area (TPSA) is 84.5 Å². The Hall–Kier alpha value is -1.59. The molecule has 2 amide bonds. The molecule has 0 saturated carbocycles. The van der Waals surface area contributed by atoms with Crippen LogP contribution >= 0.6 is 0 Å². The van der Waals surface area contributed by atoms with Crippen molar-refractivity contribution in [2.24, 2.45) is 5.92 Å². The highest BCUT2D eigenvalue weighted by atomic mass is 16.6. The van der Waals surface area contributed by atoms with Gasteiger partial charge >= 0.3 is 5.97 Å². The van der Waals surface area contributed by atoms with Crippen LogP contribution in [0.1, 0.15) is 47.5 Å². The fraction of sp³-hybridized carbons (Fsp3) is 0.786. The molecule has 1 saturated heterocycles. The normalized spacial score (nSPS) is 20.5. The SMILES string of the molecule is CC(C)[C@H](NC(=O)[C@H]1CCC(=O)N1)C(=O)OC(C)(C)C. The van der Waals surface area contributed by atoms with Gasteiger partial charge in [0.2, 0.25) is 11.8 Å². The summed E-state index contributed by atoms with van der Waals surface area (Å²) in [6.07, 6.45) is 0.806. The standard InChI is InChI=1S/C14H24N2O4/c1-8(2)11(13(19)20-14(3,4)5)16-12(18)9-6-7-10(17)15-9/h8-9,11H,6-7H2,1-5H3,(H,15,17)(H,16,18)/t9-,11+/m1/s1. The van der Waals surface area contributed by atoms with Crippen LogP contribution in [0.4, 0.5) is 0 Å². The molecule has 0 aromatic rings. The zero-order valence-corrected chi connectivity index (χ0v) is 12.8. The Bertz CT molecular complexity index is 398. The van der Waals surface area contributed by atoms with Crippen molar-refractivity contribution in [1.29, 1.82) is 0 Å². The molecule has 0 aliphatic carbocycles. The average Bonchev–Trinajstić information content (AvgIpc) is 2.69. The summed E-state index contributed by atoms with van der Waals surface area (Å²) in [4.78, 5) is 35.2. The molecule has 1 aliphatic heterocycles. The Kier molecular flexibility index (Phi) is 5.14. The summed E-state index contributed by atoms with van der Waals surface area (Å²) in [5.74, 6) is -1.01. The fourth-order valence-electron chi connectivity index (χ4n) is 1.93. The van der Waals surface area contributed by atoms with Gasteiger partial charge in [-0.05, 0) is 33.1 Å². The smallest absolute Gasteiger partial charge is 0.329 e. The molecule has 2 N–H and O–H groups in total. The van der Waals surface area contributed by atoms with Crippen LogP contribution < -0.4 is 10.6 Å². The van der Waals surface area contributed by atoms with Gasteiger partial charge in [-0.15, -0.1) is 0 Å². The molecule has 1 fully saturated rings. The van der Waals surface area contributed by atoms with E-state index in [4.69, 9.17) is 4.74 Å². The van der Waals surface area contributed by atoms with Crippen molar-refractivity contribution in [1.82, 2.24) is 10.6 Å². The Balaban J connectivity index is 2.65. The second-order valence-electron chi connectivity index (χ2n) is 6.42. The van der Waals surface area contributed by atoms with Crippen molar-refractivity contribution in [3.63, 3.8) is 0 Å². The molecule has 2 atom stereocenters. The van der Waals surface area contributed by atoms with Crippen molar-refractivity contribution in [3.8, 4) is 0 Å². The summed E-state index contributed by atoms with van der Waals surface area (Å²) < 4.78 is 5.30. The van der Waals surface area contributed by atoms with Crippen LogP contribution in [-0.2, 0) is 19.1 Å².